The highest BCUT2D eigenvalue weighted by molar-refractivity contribution is 6.04. The van der Waals surface area contributed by atoms with Crippen LogP contribution in [0.3, 0.4) is 0 Å². The van der Waals surface area contributed by atoms with E-state index in [4.69, 9.17) is 14.2 Å². The van der Waals surface area contributed by atoms with Crippen LogP contribution in [0.5, 0.6) is 17.2 Å². The summed E-state index contributed by atoms with van der Waals surface area (Å²) in [5, 5.41) is 2.82. The maximum atomic E-state index is 12.2. The molecule has 5 heteroatoms. The molecule has 0 atom stereocenters. The second-order valence-corrected chi connectivity index (χ2v) is 4.48. The van der Waals surface area contributed by atoms with Crippen LogP contribution in [0.25, 0.3) is 0 Å². The predicted octanol–water partition coefficient (Wildman–Crippen LogP) is 3.35. The average Bonchev–Trinajstić information content (AvgIpc) is 2.56. The quantitative estimate of drug-likeness (QED) is 0.889. The number of nitrogens with one attached hydrogen (secondary N) is 1. The maximum Gasteiger partial charge on any atom is 0.255 e. The lowest BCUT2D eigenvalue weighted by Gasteiger charge is -2.12. The fourth-order valence-corrected chi connectivity index (χ4v) is 1.97. The summed E-state index contributed by atoms with van der Waals surface area (Å²) in [6.45, 7) is 2.45. The molecule has 5 nitrogen and oxygen atoms in total. The van der Waals surface area contributed by atoms with Crippen molar-refractivity contribution in [2.45, 2.75) is 6.92 Å². The Kier molecular flexibility index (Phi) is 5.25. The van der Waals surface area contributed by atoms with E-state index < -0.39 is 0 Å². The van der Waals surface area contributed by atoms with Gasteiger partial charge in [0.15, 0.2) is 11.5 Å². The zero-order valence-corrected chi connectivity index (χ0v) is 12.9. The number of rotatable bonds is 6. The molecule has 116 valence electrons. The fraction of sp³-hybridized carbons (Fsp3) is 0.235. The number of hydrogen-bond acceptors (Lipinski definition) is 4. The Morgan fingerprint density at radius 3 is 2.32 bits per heavy atom. The van der Waals surface area contributed by atoms with Gasteiger partial charge in [-0.25, -0.2) is 0 Å². The molecule has 0 fully saturated rings. The van der Waals surface area contributed by atoms with Crippen molar-refractivity contribution in [3.63, 3.8) is 0 Å². The van der Waals surface area contributed by atoms with Gasteiger partial charge < -0.3 is 19.5 Å². The van der Waals surface area contributed by atoms with Gasteiger partial charge >= 0.3 is 0 Å². The first-order valence-electron chi connectivity index (χ1n) is 6.94. The Hall–Kier alpha value is -2.69. The highest BCUT2D eigenvalue weighted by atomic mass is 16.5. The molecule has 0 aliphatic carbocycles. The van der Waals surface area contributed by atoms with Gasteiger partial charge in [0.05, 0.1) is 20.8 Å². The highest BCUT2D eigenvalue weighted by Gasteiger charge is 2.09. The lowest BCUT2D eigenvalue weighted by Crippen LogP contribution is -2.11. The molecule has 0 saturated carbocycles. The number of carbonyl (C=O) groups is 1. The Balaban J connectivity index is 2.13. The van der Waals surface area contributed by atoms with E-state index >= 15 is 0 Å². The molecule has 0 bridgehead atoms. The minimum atomic E-state index is -0.200. The van der Waals surface area contributed by atoms with E-state index in [0.717, 1.165) is 0 Å². The third-order valence-corrected chi connectivity index (χ3v) is 3.07. The van der Waals surface area contributed by atoms with E-state index in [1.54, 1.807) is 56.7 Å². The first-order chi connectivity index (χ1) is 10.7. The largest absolute Gasteiger partial charge is 0.497 e. The summed E-state index contributed by atoms with van der Waals surface area (Å²) in [5.74, 6) is 1.73. The van der Waals surface area contributed by atoms with Gasteiger partial charge in [0.25, 0.3) is 5.91 Å². The summed E-state index contributed by atoms with van der Waals surface area (Å²) in [6.07, 6.45) is 0. The fourth-order valence-electron chi connectivity index (χ4n) is 1.97. The van der Waals surface area contributed by atoms with Crippen molar-refractivity contribution < 1.29 is 19.0 Å². The normalized spacial score (nSPS) is 9.95. The van der Waals surface area contributed by atoms with Gasteiger partial charge in [-0.2, -0.15) is 0 Å². The van der Waals surface area contributed by atoms with Crippen LogP contribution in [0, 0.1) is 0 Å². The number of ether oxygens (including phenoxy) is 3. The van der Waals surface area contributed by atoms with Crippen LogP contribution < -0.4 is 19.5 Å². The van der Waals surface area contributed by atoms with Crippen LogP contribution in [0.15, 0.2) is 42.5 Å². The Labute approximate surface area is 129 Å². The van der Waals surface area contributed by atoms with E-state index in [1.165, 1.54) is 0 Å². The van der Waals surface area contributed by atoms with Gasteiger partial charge in [-0.05, 0) is 43.3 Å². The van der Waals surface area contributed by atoms with Crippen LogP contribution in [-0.2, 0) is 0 Å². The number of hydrogen-bond donors (Lipinski definition) is 1. The molecule has 0 radical (unpaired) electrons. The lowest BCUT2D eigenvalue weighted by molar-refractivity contribution is 0.102. The van der Waals surface area contributed by atoms with Gasteiger partial charge in [0.1, 0.15) is 5.75 Å². The second kappa shape index (κ2) is 7.36. The van der Waals surface area contributed by atoms with Crippen LogP contribution >= 0.6 is 0 Å². The molecule has 2 aromatic rings. The zero-order valence-electron chi connectivity index (χ0n) is 12.9. The van der Waals surface area contributed by atoms with Crippen molar-refractivity contribution in [3.05, 3.63) is 48.0 Å². The number of anilines is 1. The third-order valence-electron chi connectivity index (χ3n) is 3.07. The molecule has 0 saturated heterocycles. The summed E-state index contributed by atoms with van der Waals surface area (Å²) in [7, 11) is 3.15. The third kappa shape index (κ3) is 3.69. The monoisotopic (exact) mass is 301 g/mol. The van der Waals surface area contributed by atoms with Gasteiger partial charge in [0.2, 0.25) is 0 Å². The Morgan fingerprint density at radius 2 is 1.73 bits per heavy atom. The van der Waals surface area contributed by atoms with Gasteiger partial charge in [-0.1, -0.05) is 0 Å². The van der Waals surface area contributed by atoms with E-state index in [2.05, 4.69) is 5.32 Å². The van der Waals surface area contributed by atoms with Crippen molar-refractivity contribution in [2.75, 3.05) is 26.1 Å². The van der Waals surface area contributed by atoms with E-state index in [1.807, 2.05) is 6.92 Å². The van der Waals surface area contributed by atoms with Crippen molar-refractivity contribution in [1.29, 1.82) is 0 Å². The standard InChI is InChI=1S/C17H19NO4/c1-4-22-15-10-7-13(11-16(15)21-3)18-17(19)12-5-8-14(20-2)9-6-12/h5-11H,4H2,1-3H3,(H,18,19). The number of carbonyl (C=O) groups excluding carboxylic acids is 1. The first kappa shape index (κ1) is 15.7. The first-order valence-corrected chi connectivity index (χ1v) is 6.94. The molecule has 0 aromatic heterocycles. The second-order valence-electron chi connectivity index (χ2n) is 4.48. The van der Waals surface area contributed by atoms with Crippen molar-refractivity contribution >= 4 is 11.6 Å². The van der Waals surface area contributed by atoms with Crippen LogP contribution in [0.4, 0.5) is 5.69 Å². The molecule has 0 unspecified atom stereocenters. The molecule has 0 aliphatic heterocycles. The smallest absolute Gasteiger partial charge is 0.255 e. The Bertz CT molecular complexity index is 638. The van der Waals surface area contributed by atoms with E-state index in [0.29, 0.717) is 35.1 Å². The molecular formula is C17H19NO4. The minimum Gasteiger partial charge on any atom is -0.497 e. The average molecular weight is 301 g/mol. The SMILES string of the molecule is CCOc1ccc(NC(=O)c2ccc(OC)cc2)cc1OC. The van der Waals surface area contributed by atoms with Crippen LogP contribution in [0.1, 0.15) is 17.3 Å². The van der Waals surface area contributed by atoms with Crippen LogP contribution in [-0.4, -0.2) is 26.7 Å². The molecule has 2 aromatic carbocycles. The summed E-state index contributed by atoms with van der Waals surface area (Å²) >= 11 is 0. The van der Waals surface area contributed by atoms with Crippen molar-refractivity contribution in [2.24, 2.45) is 0 Å². The van der Waals surface area contributed by atoms with E-state index in [-0.39, 0.29) is 5.91 Å². The maximum absolute atomic E-state index is 12.2. The number of methoxy groups -OCH3 is 2. The summed E-state index contributed by atoms with van der Waals surface area (Å²) < 4.78 is 15.8. The lowest BCUT2D eigenvalue weighted by atomic mass is 10.2. The summed E-state index contributed by atoms with van der Waals surface area (Å²) in [5.41, 5.74) is 1.19. The number of benzene rings is 2. The highest BCUT2D eigenvalue weighted by Crippen LogP contribution is 2.30. The molecule has 1 amide bonds. The molecule has 0 spiro atoms. The van der Waals surface area contributed by atoms with Crippen molar-refractivity contribution in [1.82, 2.24) is 0 Å². The molecule has 2 rings (SSSR count). The van der Waals surface area contributed by atoms with Gasteiger partial charge in [-0.3, -0.25) is 4.79 Å². The van der Waals surface area contributed by atoms with Crippen LogP contribution in [0.2, 0.25) is 0 Å². The molecule has 0 aliphatic rings. The topological polar surface area (TPSA) is 56.8 Å². The minimum absolute atomic E-state index is 0.200. The van der Waals surface area contributed by atoms with Crippen molar-refractivity contribution in [3.8, 4) is 17.2 Å². The summed E-state index contributed by atoms with van der Waals surface area (Å²) in [6, 6.07) is 12.2. The molecule has 22 heavy (non-hydrogen) atoms. The number of amides is 1. The zero-order chi connectivity index (χ0) is 15.9. The predicted molar refractivity (Wildman–Crippen MR) is 85.1 cm³/mol. The molecule has 0 heterocycles. The van der Waals surface area contributed by atoms with Gasteiger partial charge in [0, 0.05) is 17.3 Å². The van der Waals surface area contributed by atoms with E-state index in [9.17, 15) is 4.79 Å². The summed E-state index contributed by atoms with van der Waals surface area (Å²) in [4.78, 5) is 12.2. The van der Waals surface area contributed by atoms with Gasteiger partial charge in [-0.15, -0.1) is 0 Å². The molecule has 1 N–H and O–H groups in total. The Morgan fingerprint density at radius 1 is 1.00 bits per heavy atom. The molecular weight excluding hydrogens is 282 g/mol.